The van der Waals surface area contributed by atoms with E-state index in [1.54, 1.807) is 36.4 Å². The first-order valence-corrected chi connectivity index (χ1v) is 6.32. The molecule has 0 fully saturated rings. The van der Waals surface area contributed by atoms with Crippen molar-refractivity contribution in [1.29, 1.82) is 0 Å². The average molecular weight is 266 g/mol. The van der Waals surface area contributed by atoms with Gasteiger partial charge in [0.25, 0.3) is 0 Å². The van der Waals surface area contributed by atoms with Gasteiger partial charge in [-0.15, -0.1) is 0 Å². The van der Waals surface area contributed by atoms with Crippen molar-refractivity contribution >= 4 is 10.8 Å². The molecular weight excluding hydrogens is 252 g/mol. The largest absolute Gasteiger partial charge is 0.507 e. The number of phenols is 3. The van der Waals surface area contributed by atoms with E-state index in [2.05, 4.69) is 0 Å². The molecule has 0 bridgehead atoms. The van der Waals surface area contributed by atoms with E-state index in [1.807, 2.05) is 13.0 Å². The van der Waals surface area contributed by atoms with Crippen LogP contribution in [0.1, 0.15) is 5.56 Å². The molecule has 3 aromatic rings. The van der Waals surface area contributed by atoms with Crippen LogP contribution in [0.2, 0.25) is 0 Å². The number of hydrogen-bond donors (Lipinski definition) is 3. The Morgan fingerprint density at radius 2 is 1.45 bits per heavy atom. The zero-order chi connectivity index (χ0) is 14.3. The summed E-state index contributed by atoms with van der Waals surface area (Å²) < 4.78 is 0. The number of phenolic OH excluding ortho intramolecular Hbond substituents is 3. The lowest BCUT2D eigenvalue weighted by Crippen LogP contribution is -1.87. The van der Waals surface area contributed by atoms with Crippen LogP contribution in [-0.2, 0) is 0 Å². The highest BCUT2D eigenvalue weighted by Gasteiger charge is 2.16. The Morgan fingerprint density at radius 1 is 0.750 bits per heavy atom. The second kappa shape index (κ2) is 4.46. The SMILES string of the molecule is Cc1cccc(O)c1-c1cc(O)c2ccccc2c1O. The molecule has 0 radical (unpaired) electrons. The minimum atomic E-state index is 0.0583. The van der Waals surface area contributed by atoms with Crippen LogP contribution >= 0.6 is 0 Å². The van der Waals surface area contributed by atoms with Crippen molar-refractivity contribution in [2.24, 2.45) is 0 Å². The zero-order valence-corrected chi connectivity index (χ0v) is 11.0. The van der Waals surface area contributed by atoms with Crippen molar-refractivity contribution in [3.8, 4) is 28.4 Å². The third-order valence-corrected chi connectivity index (χ3v) is 3.51. The summed E-state index contributed by atoms with van der Waals surface area (Å²) in [5.41, 5.74) is 1.79. The normalized spacial score (nSPS) is 10.8. The van der Waals surface area contributed by atoms with Gasteiger partial charge >= 0.3 is 0 Å². The third-order valence-electron chi connectivity index (χ3n) is 3.51. The molecule has 100 valence electrons. The summed E-state index contributed by atoms with van der Waals surface area (Å²) in [4.78, 5) is 0. The van der Waals surface area contributed by atoms with Crippen LogP contribution in [0.4, 0.5) is 0 Å². The van der Waals surface area contributed by atoms with E-state index in [9.17, 15) is 15.3 Å². The third kappa shape index (κ3) is 1.75. The van der Waals surface area contributed by atoms with E-state index in [0.717, 1.165) is 5.56 Å². The highest BCUT2D eigenvalue weighted by Crippen LogP contribution is 2.44. The van der Waals surface area contributed by atoms with Crippen molar-refractivity contribution in [2.45, 2.75) is 6.92 Å². The monoisotopic (exact) mass is 266 g/mol. The smallest absolute Gasteiger partial charge is 0.131 e. The quantitative estimate of drug-likeness (QED) is 0.585. The molecule has 0 aliphatic carbocycles. The van der Waals surface area contributed by atoms with Crippen molar-refractivity contribution < 1.29 is 15.3 Å². The average Bonchev–Trinajstić information content (AvgIpc) is 2.44. The molecule has 0 unspecified atom stereocenters. The van der Waals surface area contributed by atoms with E-state index >= 15 is 0 Å². The van der Waals surface area contributed by atoms with E-state index < -0.39 is 0 Å². The minimum absolute atomic E-state index is 0.0583. The fourth-order valence-electron chi connectivity index (χ4n) is 2.53. The topological polar surface area (TPSA) is 60.7 Å². The lowest BCUT2D eigenvalue weighted by atomic mass is 9.95. The first kappa shape index (κ1) is 12.4. The predicted octanol–water partition coefficient (Wildman–Crippen LogP) is 3.93. The van der Waals surface area contributed by atoms with Gasteiger partial charge < -0.3 is 15.3 Å². The first-order chi connectivity index (χ1) is 9.59. The standard InChI is InChI=1S/C17H14O3/c1-10-5-4-8-14(18)16(10)13-9-15(19)11-6-2-3-7-12(11)17(13)20/h2-9,18-20H,1H3. The fourth-order valence-corrected chi connectivity index (χ4v) is 2.53. The van der Waals surface area contributed by atoms with Gasteiger partial charge in [-0.1, -0.05) is 36.4 Å². The molecule has 20 heavy (non-hydrogen) atoms. The molecule has 3 N–H and O–H groups in total. The summed E-state index contributed by atoms with van der Waals surface area (Å²) in [6, 6.07) is 13.7. The molecule has 0 aliphatic rings. The van der Waals surface area contributed by atoms with Crippen LogP contribution in [-0.4, -0.2) is 15.3 Å². The molecule has 3 aromatic carbocycles. The number of aryl methyl sites for hydroxylation is 1. The fraction of sp³-hybridized carbons (Fsp3) is 0.0588. The summed E-state index contributed by atoms with van der Waals surface area (Å²) in [6.45, 7) is 1.85. The second-order valence-electron chi connectivity index (χ2n) is 4.81. The Hall–Kier alpha value is -2.68. The van der Waals surface area contributed by atoms with Gasteiger partial charge in [-0.25, -0.2) is 0 Å². The predicted molar refractivity (Wildman–Crippen MR) is 79.1 cm³/mol. The van der Waals surface area contributed by atoms with E-state index in [0.29, 0.717) is 21.9 Å². The molecular formula is C17H14O3. The maximum atomic E-state index is 10.5. The van der Waals surface area contributed by atoms with Crippen LogP contribution in [0.15, 0.2) is 48.5 Å². The summed E-state index contributed by atoms with van der Waals surface area (Å²) >= 11 is 0. The van der Waals surface area contributed by atoms with Gasteiger partial charge in [0.2, 0.25) is 0 Å². The molecule has 0 aliphatic heterocycles. The highest BCUT2D eigenvalue weighted by molar-refractivity contribution is 5.99. The molecule has 3 heteroatoms. The van der Waals surface area contributed by atoms with Gasteiger partial charge in [0, 0.05) is 21.9 Å². The van der Waals surface area contributed by atoms with E-state index in [-0.39, 0.29) is 17.2 Å². The molecule has 3 rings (SSSR count). The summed E-state index contributed by atoms with van der Waals surface area (Å²) in [6.07, 6.45) is 0. The zero-order valence-electron chi connectivity index (χ0n) is 11.0. The Kier molecular flexibility index (Phi) is 2.75. The molecule has 0 saturated carbocycles. The minimum Gasteiger partial charge on any atom is -0.507 e. The van der Waals surface area contributed by atoms with Crippen molar-refractivity contribution in [2.75, 3.05) is 0 Å². The molecule has 0 aromatic heterocycles. The second-order valence-corrected chi connectivity index (χ2v) is 4.81. The van der Waals surface area contributed by atoms with Crippen LogP contribution < -0.4 is 0 Å². The summed E-state index contributed by atoms with van der Waals surface area (Å²) in [5, 5.41) is 31.8. The van der Waals surface area contributed by atoms with E-state index in [1.165, 1.54) is 6.07 Å². The Morgan fingerprint density at radius 3 is 2.15 bits per heavy atom. The van der Waals surface area contributed by atoms with Crippen molar-refractivity contribution in [3.63, 3.8) is 0 Å². The van der Waals surface area contributed by atoms with Crippen molar-refractivity contribution in [1.82, 2.24) is 0 Å². The van der Waals surface area contributed by atoms with Crippen LogP contribution in [0.25, 0.3) is 21.9 Å². The number of hydrogen-bond acceptors (Lipinski definition) is 3. The maximum Gasteiger partial charge on any atom is 0.131 e. The Balaban J connectivity index is 2.41. The molecule has 0 amide bonds. The van der Waals surface area contributed by atoms with Gasteiger partial charge in [-0.3, -0.25) is 0 Å². The number of aromatic hydroxyl groups is 3. The summed E-state index contributed by atoms with van der Waals surface area (Å²) in [7, 11) is 0. The first-order valence-electron chi connectivity index (χ1n) is 6.32. The molecule has 0 atom stereocenters. The van der Waals surface area contributed by atoms with Crippen molar-refractivity contribution in [3.05, 3.63) is 54.1 Å². The number of benzene rings is 3. The maximum absolute atomic E-state index is 10.5. The highest BCUT2D eigenvalue weighted by atomic mass is 16.3. The summed E-state index contributed by atoms with van der Waals surface area (Å²) in [5.74, 6) is 0.217. The van der Waals surface area contributed by atoms with E-state index in [4.69, 9.17) is 0 Å². The number of fused-ring (bicyclic) bond motifs is 1. The molecule has 0 heterocycles. The van der Waals surface area contributed by atoms with Gasteiger partial charge in [0.1, 0.15) is 17.2 Å². The molecule has 3 nitrogen and oxygen atoms in total. The van der Waals surface area contributed by atoms with Gasteiger partial charge in [0.05, 0.1) is 0 Å². The Bertz CT molecular complexity index is 786. The van der Waals surface area contributed by atoms with Crippen LogP contribution in [0, 0.1) is 6.92 Å². The Labute approximate surface area is 116 Å². The van der Waals surface area contributed by atoms with Crippen LogP contribution in [0.3, 0.4) is 0 Å². The molecule has 0 saturated heterocycles. The number of rotatable bonds is 1. The van der Waals surface area contributed by atoms with Crippen LogP contribution in [0.5, 0.6) is 17.2 Å². The lowest BCUT2D eigenvalue weighted by molar-refractivity contribution is 0.466. The van der Waals surface area contributed by atoms with Gasteiger partial charge in [-0.05, 0) is 24.6 Å². The lowest BCUT2D eigenvalue weighted by Gasteiger charge is -2.13. The van der Waals surface area contributed by atoms with Gasteiger partial charge in [0.15, 0.2) is 0 Å². The molecule has 0 spiro atoms. The van der Waals surface area contributed by atoms with Gasteiger partial charge in [-0.2, -0.15) is 0 Å².